The van der Waals surface area contributed by atoms with Crippen LogP contribution in [0.4, 0.5) is 8.78 Å². The van der Waals surface area contributed by atoms with Gasteiger partial charge in [0.1, 0.15) is 5.75 Å². The first kappa shape index (κ1) is 13.1. The fourth-order valence-electron chi connectivity index (χ4n) is 1.40. The predicted octanol–water partition coefficient (Wildman–Crippen LogP) is 3.99. The van der Waals surface area contributed by atoms with Crippen molar-refractivity contribution < 1.29 is 18.3 Å². The monoisotopic (exact) mass is 292 g/mol. The average molecular weight is 293 g/mol. The van der Waals surface area contributed by atoms with Gasteiger partial charge in [-0.2, -0.15) is 0 Å². The number of benzene rings is 1. The third kappa shape index (κ3) is 2.58. The van der Waals surface area contributed by atoms with E-state index in [2.05, 4.69) is 15.9 Å². The lowest BCUT2D eigenvalue weighted by Gasteiger charge is -2.14. The standard InChI is InChI=1S/C11H11BrF2O2/c1-3-16-10-8(12)5-4-7(11(13)14)9(10)6(2)15/h4-5,11H,3H2,1-2H3. The predicted molar refractivity (Wildman–Crippen MR) is 60.3 cm³/mol. The number of hydrogen-bond acceptors (Lipinski definition) is 2. The van der Waals surface area contributed by atoms with Crippen LogP contribution in [0, 0.1) is 0 Å². The Bertz CT molecular complexity index is 405. The highest BCUT2D eigenvalue weighted by Crippen LogP contribution is 2.36. The van der Waals surface area contributed by atoms with E-state index in [0.29, 0.717) is 11.1 Å². The van der Waals surface area contributed by atoms with E-state index >= 15 is 0 Å². The maximum absolute atomic E-state index is 12.7. The Kier molecular flexibility index (Phi) is 4.41. The third-order valence-electron chi connectivity index (χ3n) is 2.02. The smallest absolute Gasteiger partial charge is 0.264 e. The summed E-state index contributed by atoms with van der Waals surface area (Å²) in [6, 6.07) is 2.69. The number of alkyl halides is 2. The molecule has 0 saturated carbocycles. The molecule has 1 aromatic rings. The summed E-state index contributed by atoms with van der Waals surface area (Å²) in [5.41, 5.74) is -0.342. The van der Waals surface area contributed by atoms with Crippen molar-refractivity contribution in [3.05, 3.63) is 27.7 Å². The molecule has 2 nitrogen and oxygen atoms in total. The zero-order valence-corrected chi connectivity index (χ0v) is 10.5. The Labute approximate surface area is 101 Å². The summed E-state index contributed by atoms with van der Waals surface area (Å²) in [5, 5.41) is 0. The Balaban J connectivity index is 3.43. The van der Waals surface area contributed by atoms with Crippen LogP contribution in [0.3, 0.4) is 0 Å². The number of halogens is 3. The first-order valence-corrected chi connectivity index (χ1v) is 5.52. The molecule has 0 N–H and O–H groups in total. The van der Waals surface area contributed by atoms with Crippen molar-refractivity contribution in [3.63, 3.8) is 0 Å². The van der Waals surface area contributed by atoms with Crippen molar-refractivity contribution >= 4 is 21.7 Å². The minimum Gasteiger partial charge on any atom is -0.492 e. The summed E-state index contributed by atoms with van der Waals surface area (Å²) in [6.45, 7) is 3.28. The fraction of sp³-hybridized carbons (Fsp3) is 0.364. The van der Waals surface area contributed by atoms with Crippen LogP contribution in [0.15, 0.2) is 16.6 Å². The largest absolute Gasteiger partial charge is 0.492 e. The van der Waals surface area contributed by atoms with Gasteiger partial charge in [-0.25, -0.2) is 8.78 Å². The topological polar surface area (TPSA) is 26.3 Å². The van der Waals surface area contributed by atoms with E-state index in [1.165, 1.54) is 19.1 Å². The van der Waals surface area contributed by atoms with Crippen LogP contribution in [0.5, 0.6) is 5.75 Å². The Morgan fingerprint density at radius 3 is 2.56 bits per heavy atom. The molecule has 0 aromatic heterocycles. The molecule has 0 fully saturated rings. The lowest BCUT2D eigenvalue weighted by atomic mass is 10.0. The van der Waals surface area contributed by atoms with E-state index in [-0.39, 0.29) is 16.9 Å². The SMILES string of the molecule is CCOc1c(Br)ccc(C(F)F)c1C(C)=O. The van der Waals surface area contributed by atoms with Crippen molar-refractivity contribution in [3.8, 4) is 5.75 Å². The Morgan fingerprint density at radius 2 is 2.12 bits per heavy atom. The maximum Gasteiger partial charge on any atom is 0.264 e. The molecule has 1 rings (SSSR count). The van der Waals surface area contributed by atoms with Gasteiger partial charge in [-0.3, -0.25) is 4.79 Å². The number of ketones is 1. The van der Waals surface area contributed by atoms with Gasteiger partial charge < -0.3 is 4.74 Å². The average Bonchev–Trinajstić information content (AvgIpc) is 2.20. The van der Waals surface area contributed by atoms with E-state index in [0.717, 1.165) is 0 Å². The molecular weight excluding hydrogens is 282 g/mol. The number of ether oxygens (including phenoxy) is 1. The van der Waals surface area contributed by atoms with Crippen molar-refractivity contribution in [1.82, 2.24) is 0 Å². The van der Waals surface area contributed by atoms with E-state index in [1.54, 1.807) is 6.92 Å². The molecular formula is C11H11BrF2O2. The van der Waals surface area contributed by atoms with Crippen molar-refractivity contribution in [1.29, 1.82) is 0 Å². The van der Waals surface area contributed by atoms with Crippen LogP contribution in [-0.2, 0) is 0 Å². The van der Waals surface area contributed by atoms with Gasteiger partial charge in [0, 0.05) is 5.56 Å². The first-order valence-electron chi connectivity index (χ1n) is 4.73. The van der Waals surface area contributed by atoms with Crippen LogP contribution >= 0.6 is 15.9 Å². The normalized spacial score (nSPS) is 10.6. The summed E-state index contributed by atoms with van der Waals surface area (Å²) >= 11 is 3.18. The molecule has 0 radical (unpaired) electrons. The van der Waals surface area contributed by atoms with Crippen LogP contribution in [0.2, 0.25) is 0 Å². The minimum absolute atomic E-state index is 0.0498. The highest BCUT2D eigenvalue weighted by atomic mass is 79.9. The van der Waals surface area contributed by atoms with Gasteiger partial charge >= 0.3 is 0 Å². The molecule has 0 spiro atoms. The van der Waals surface area contributed by atoms with E-state index in [1.807, 2.05) is 0 Å². The van der Waals surface area contributed by atoms with E-state index < -0.39 is 12.2 Å². The highest BCUT2D eigenvalue weighted by Gasteiger charge is 2.22. The molecule has 0 unspecified atom stereocenters. The fourth-order valence-corrected chi connectivity index (χ4v) is 1.85. The molecule has 0 aliphatic heterocycles. The minimum atomic E-state index is -2.69. The van der Waals surface area contributed by atoms with Gasteiger partial charge in [0.15, 0.2) is 5.78 Å². The molecule has 0 aliphatic rings. The van der Waals surface area contributed by atoms with Crippen molar-refractivity contribution in [2.24, 2.45) is 0 Å². The van der Waals surface area contributed by atoms with Crippen LogP contribution in [0.25, 0.3) is 0 Å². The molecule has 88 valence electrons. The van der Waals surface area contributed by atoms with Crippen molar-refractivity contribution in [2.75, 3.05) is 6.61 Å². The van der Waals surface area contributed by atoms with E-state index in [9.17, 15) is 13.6 Å². The molecule has 5 heteroatoms. The van der Waals surface area contributed by atoms with Gasteiger partial charge in [-0.1, -0.05) is 6.07 Å². The molecule has 16 heavy (non-hydrogen) atoms. The first-order chi connectivity index (χ1) is 7.49. The summed E-state index contributed by atoms with van der Waals surface area (Å²) in [6.07, 6.45) is -2.69. The second kappa shape index (κ2) is 5.39. The highest BCUT2D eigenvalue weighted by molar-refractivity contribution is 9.10. The van der Waals surface area contributed by atoms with Gasteiger partial charge in [-0.05, 0) is 35.8 Å². The van der Waals surface area contributed by atoms with Crippen molar-refractivity contribution in [2.45, 2.75) is 20.3 Å². The van der Waals surface area contributed by atoms with Crippen LogP contribution < -0.4 is 4.74 Å². The van der Waals surface area contributed by atoms with E-state index in [4.69, 9.17) is 4.74 Å². The zero-order chi connectivity index (χ0) is 12.3. The Hall–Kier alpha value is -0.970. The molecule has 0 bridgehead atoms. The summed E-state index contributed by atoms with van der Waals surface area (Å²) in [4.78, 5) is 11.4. The molecule has 0 saturated heterocycles. The number of carbonyl (C=O) groups excluding carboxylic acids is 1. The lowest BCUT2D eigenvalue weighted by molar-refractivity contribution is 0.0994. The maximum atomic E-state index is 12.7. The number of rotatable bonds is 4. The second-order valence-electron chi connectivity index (χ2n) is 3.13. The molecule has 0 heterocycles. The van der Waals surface area contributed by atoms with Gasteiger partial charge in [0.05, 0.1) is 16.6 Å². The second-order valence-corrected chi connectivity index (χ2v) is 3.98. The summed E-state index contributed by atoms with van der Waals surface area (Å²) in [5.74, 6) is -0.243. The quantitative estimate of drug-likeness (QED) is 0.785. The lowest BCUT2D eigenvalue weighted by Crippen LogP contribution is -2.06. The zero-order valence-electron chi connectivity index (χ0n) is 8.89. The molecule has 0 atom stereocenters. The van der Waals surface area contributed by atoms with Gasteiger partial charge in [0.2, 0.25) is 0 Å². The molecule has 1 aromatic carbocycles. The van der Waals surface area contributed by atoms with Crippen LogP contribution in [0.1, 0.15) is 36.2 Å². The van der Waals surface area contributed by atoms with Gasteiger partial charge in [-0.15, -0.1) is 0 Å². The number of hydrogen-bond donors (Lipinski definition) is 0. The Morgan fingerprint density at radius 1 is 1.50 bits per heavy atom. The molecule has 0 aliphatic carbocycles. The van der Waals surface area contributed by atoms with Crippen LogP contribution in [-0.4, -0.2) is 12.4 Å². The number of carbonyl (C=O) groups is 1. The third-order valence-corrected chi connectivity index (χ3v) is 2.64. The van der Waals surface area contributed by atoms with Gasteiger partial charge in [0.25, 0.3) is 6.43 Å². The molecule has 0 amide bonds. The number of Topliss-reactive ketones (excluding diaryl/α,β-unsaturated/α-hetero) is 1. The summed E-state index contributed by atoms with van der Waals surface area (Å²) < 4.78 is 31.2. The summed E-state index contributed by atoms with van der Waals surface area (Å²) in [7, 11) is 0.